The largest absolute Gasteiger partial charge is 0.496 e. The molecule has 2 fully saturated rings. The van der Waals surface area contributed by atoms with Gasteiger partial charge in [0, 0.05) is 48.6 Å². The summed E-state index contributed by atoms with van der Waals surface area (Å²) in [5.41, 5.74) is 3.18. The normalized spacial score (nSPS) is 21.6. The van der Waals surface area contributed by atoms with Gasteiger partial charge in [-0.15, -0.1) is 11.3 Å². The SMILES string of the molecule is C=Cc1csc(-c2cc(=O)c3ccc(OC)c(C)c3[nH]2)n1.CN1CCCC/C=C\[C@@H]2CC2NC(=O)N2CCC[C@H]2C1=O.COC=O. The summed E-state index contributed by atoms with van der Waals surface area (Å²) in [5.74, 6) is 1.35. The Morgan fingerprint density at radius 2 is 1.91 bits per heavy atom. The van der Waals surface area contributed by atoms with Crippen LogP contribution in [0.2, 0.25) is 0 Å². The predicted molar refractivity (Wildman–Crippen MR) is 181 cm³/mol. The zero-order valence-electron chi connectivity index (χ0n) is 26.9. The van der Waals surface area contributed by atoms with Crippen molar-refractivity contribution in [2.24, 2.45) is 5.92 Å². The third kappa shape index (κ3) is 8.42. The number of H-pyrrole nitrogens is 1. The second-order valence-corrected chi connectivity index (χ2v) is 12.3. The standard InChI is InChI=1S/C16H25N3O2.C16H14N2O2S.C2H4O2/c1-18-9-5-3-2-4-7-12-11-13(12)17-16(21)19-10-6-8-14(19)15(18)20;1-4-10-8-21-16(17-10)12-7-13(19)11-5-6-14(20-3)9(2)15(11)18-12;1-4-2-3/h4,7,12-14H,2-3,5-6,8-11H2,1H3,(H,17,21);4-8H,1H2,2-3H3,(H,18,19);2H,1H3/b7-4-;;/t12-,13?,14+;;/m1../s1. The Balaban J connectivity index is 0.000000187. The average molecular weight is 650 g/mol. The number of hydrogen-bond acceptors (Lipinski definition) is 8. The summed E-state index contributed by atoms with van der Waals surface area (Å²) >= 11 is 1.48. The number of rotatable bonds is 4. The molecule has 0 bridgehead atoms. The molecular formula is C34H43N5O6S. The van der Waals surface area contributed by atoms with E-state index in [-0.39, 0.29) is 29.5 Å². The van der Waals surface area contributed by atoms with Crippen molar-refractivity contribution in [3.63, 3.8) is 0 Å². The summed E-state index contributed by atoms with van der Waals surface area (Å²) in [6.07, 6.45) is 12.1. The number of fused-ring (bicyclic) bond motifs is 3. The van der Waals surface area contributed by atoms with Gasteiger partial charge in [-0.2, -0.15) is 0 Å². The molecule has 0 radical (unpaired) electrons. The Hall–Kier alpha value is -4.45. The zero-order chi connectivity index (χ0) is 33.2. The van der Waals surface area contributed by atoms with Crippen molar-refractivity contribution in [3.8, 4) is 16.5 Å². The number of allylic oxidation sites excluding steroid dienone is 1. The van der Waals surface area contributed by atoms with Crippen LogP contribution in [0.4, 0.5) is 4.79 Å². The number of methoxy groups -OCH3 is 2. The van der Waals surface area contributed by atoms with Gasteiger partial charge in [-0.3, -0.25) is 14.4 Å². The lowest BCUT2D eigenvalue weighted by atomic mass is 10.1. The first-order valence-electron chi connectivity index (χ1n) is 15.5. The van der Waals surface area contributed by atoms with E-state index in [2.05, 4.69) is 38.8 Å². The van der Waals surface area contributed by atoms with Gasteiger partial charge in [-0.25, -0.2) is 9.78 Å². The molecule has 2 aliphatic heterocycles. The number of carbonyl (C=O) groups is 3. The van der Waals surface area contributed by atoms with E-state index in [1.807, 2.05) is 25.4 Å². The fourth-order valence-corrected chi connectivity index (χ4v) is 6.40. The number of aromatic amines is 1. The van der Waals surface area contributed by atoms with Crippen LogP contribution in [0, 0.1) is 12.8 Å². The fourth-order valence-electron chi connectivity index (χ4n) is 5.63. The van der Waals surface area contributed by atoms with Crippen molar-refractivity contribution >= 4 is 46.7 Å². The second kappa shape index (κ2) is 16.2. The number of hydrogen-bond donors (Lipinski definition) is 2. The van der Waals surface area contributed by atoms with Crippen molar-refractivity contribution in [2.45, 2.75) is 57.5 Å². The van der Waals surface area contributed by atoms with Gasteiger partial charge in [0.25, 0.3) is 6.47 Å². The number of carbonyl (C=O) groups excluding carboxylic acids is 3. The second-order valence-electron chi connectivity index (χ2n) is 11.5. The van der Waals surface area contributed by atoms with Gasteiger partial charge in [-0.1, -0.05) is 18.7 Å². The predicted octanol–water partition coefficient (Wildman–Crippen LogP) is 5.15. The molecule has 3 aromatic rings. The summed E-state index contributed by atoms with van der Waals surface area (Å²) in [7, 11) is 4.79. The van der Waals surface area contributed by atoms with Crippen molar-refractivity contribution in [2.75, 3.05) is 34.4 Å². The van der Waals surface area contributed by atoms with Gasteiger partial charge in [0.2, 0.25) is 5.91 Å². The lowest BCUT2D eigenvalue weighted by molar-refractivity contribution is -0.134. The number of amides is 3. The Morgan fingerprint density at radius 3 is 2.61 bits per heavy atom. The highest BCUT2D eigenvalue weighted by molar-refractivity contribution is 7.13. The molecule has 6 rings (SSSR count). The monoisotopic (exact) mass is 649 g/mol. The highest BCUT2D eigenvalue weighted by atomic mass is 32.1. The number of pyridine rings is 1. The van der Waals surface area contributed by atoms with E-state index in [0.29, 0.717) is 30.0 Å². The zero-order valence-corrected chi connectivity index (χ0v) is 27.7. The van der Waals surface area contributed by atoms with E-state index < -0.39 is 0 Å². The molecule has 1 saturated carbocycles. The first-order chi connectivity index (χ1) is 22.2. The van der Waals surface area contributed by atoms with E-state index in [1.54, 1.807) is 35.1 Å². The molecule has 2 aromatic heterocycles. The molecule has 3 amide bonds. The molecule has 1 aliphatic carbocycles. The summed E-state index contributed by atoms with van der Waals surface area (Å²) in [4.78, 5) is 57.4. The smallest absolute Gasteiger partial charge is 0.318 e. The number of benzene rings is 1. The molecule has 11 nitrogen and oxygen atoms in total. The van der Waals surface area contributed by atoms with Gasteiger partial charge < -0.3 is 29.6 Å². The molecule has 1 unspecified atom stereocenters. The van der Waals surface area contributed by atoms with Crippen molar-refractivity contribution in [1.82, 2.24) is 25.1 Å². The number of thiazole rings is 1. The summed E-state index contributed by atoms with van der Waals surface area (Å²) in [6.45, 7) is 7.48. The third-order valence-corrected chi connectivity index (χ3v) is 9.21. The fraction of sp³-hybridized carbons (Fsp3) is 0.441. The highest BCUT2D eigenvalue weighted by Crippen LogP contribution is 2.33. The van der Waals surface area contributed by atoms with Gasteiger partial charge in [-0.05, 0) is 69.6 Å². The maximum absolute atomic E-state index is 12.5. The van der Waals surface area contributed by atoms with E-state index in [1.165, 1.54) is 18.4 Å². The minimum absolute atomic E-state index is 0.0279. The number of aromatic nitrogens is 2. The molecule has 4 heterocycles. The summed E-state index contributed by atoms with van der Waals surface area (Å²) in [6, 6.07) is 5.13. The maximum atomic E-state index is 12.5. The van der Waals surface area contributed by atoms with E-state index in [9.17, 15) is 14.4 Å². The topological polar surface area (TPSA) is 134 Å². The highest BCUT2D eigenvalue weighted by Gasteiger charge is 2.41. The first-order valence-corrected chi connectivity index (χ1v) is 16.3. The van der Waals surface area contributed by atoms with Crippen LogP contribution in [0.5, 0.6) is 5.75 Å². The third-order valence-electron chi connectivity index (χ3n) is 8.31. The molecule has 46 heavy (non-hydrogen) atoms. The van der Waals surface area contributed by atoms with Crippen LogP contribution >= 0.6 is 11.3 Å². The first kappa shape index (κ1) is 34.4. The lowest BCUT2D eigenvalue weighted by Crippen LogP contribution is -2.50. The quantitative estimate of drug-likeness (QED) is 0.295. The van der Waals surface area contributed by atoms with E-state index >= 15 is 0 Å². The van der Waals surface area contributed by atoms with Crippen LogP contribution in [0.15, 0.2) is 47.1 Å². The van der Waals surface area contributed by atoms with Crippen LogP contribution in [0.1, 0.15) is 49.8 Å². The van der Waals surface area contributed by atoms with Crippen molar-refractivity contribution in [3.05, 3.63) is 63.8 Å². The van der Waals surface area contributed by atoms with E-state index in [4.69, 9.17) is 9.53 Å². The Morgan fingerprint density at radius 1 is 1.13 bits per heavy atom. The average Bonchev–Trinajstić information content (AvgIpc) is 3.41. The number of likely N-dealkylation sites (N-methyl/N-ethyl adjacent to an activating group) is 1. The minimum atomic E-state index is -0.259. The Kier molecular flexibility index (Phi) is 12.1. The molecule has 2 N–H and O–H groups in total. The summed E-state index contributed by atoms with van der Waals surface area (Å²) < 4.78 is 9.17. The number of urea groups is 1. The van der Waals surface area contributed by atoms with Gasteiger partial charge in [0.15, 0.2) is 5.43 Å². The number of nitrogens with zero attached hydrogens (tertiary/aromatic N) is 3. The van der Waals surface area contributed by atoms with E-state index in [0.717, 1.165) is 72.6 Å². The van der Waals surface area contributed by atoms with Crippen LogP contribution in [0.3, 0.4) is 0 Å². The molecule has 1 saturated heterocycles. The Labute approximate surface area is 273 Å². The van der Waals surface area contributed by atoms with Crippen molar-refractivity contribution in [1.29, 1.82) is 0 Å². The number of aryl methyl sites for hydroxylation is 1. The molecule has 3 aliphatic rings. The molecule has 1 aromatic carbocycles. The lowest BCUT2D eigenvalue weighted by Gasteiger charge is -2.28. The molecule has 12 heteroatoms. The van der Waals surface area contributed by atoms with Gasteiger partial charge >= 0.3 is 6.03 Å². The van der Waals surface area contributed by atoms with Crippen LogP contribution in [-0.2, 0) is 14.3 Å². The number of nitrogens with one attached hydrogen (secondary N) is 2. The molecule has 246 valence electrons. The number of ether oxygens (including phenoxy) is 2. The summed E-state index contributed by atoms with van der Waals surface area (Å²) in [5, 5.41) is 6.41. The van der Waals surface area contributed by atoms with Gasteiger partial charge in [0.05, 0.1) is 31.1 Å². The van der Waals surface area contributed by atoms with Gasteiger partial charge in [0.1, 0.15) is 16.8 Å². The van der Waals surface area contributed by atoms with Crippen LogP contribution < -0.4 is 15.5 Å². The minimum Gasteiger partial charge on any atom is -0.496 e. The Bertz CT molecular complexity index is 1630. The molecular weight excluding hydrogens is 606 g/mol. The van der Waals surface area contributed by atoms with Crippen molar-refractivity contribution < 1.29 is 23.9 Å². The van der Waals surface area contributed by atoms with Crippen LogP contribution in [-0.4, -0.2) is 84.6 Å². The molecule has 0 spiro atoms. The molecule has 3 atom stereocenters. The maximum Gasteiger partial charge on any atom is 0.318 e. The van der Waals surface area contributed by atoms with Crippen LogP contribution in [0.25, 0.3) is 27.7 Å².